The Morgan fingerprint density at radius 3 is 2.96 bits per heavy atom. The molecule has 1 atom stereocenters. The molecule has 0 spiro atoms. The van der Waals surface area contributed by atoms with Gasteiger partial charge < -0.3 is 15.2 Å². The second-order valence-electron chi connectivity index (χ2n) is 6.82. The molecular weight excluding hydrogens is 324 g/mol. The Labute approximate surface area is 153 Å². The molecule has 134 valence electrons. The number of aryl methyl sites for hydroxylation is 2. The first-order valence-electron chi connectivity index (χ1n) is 9.33. The molecule has 2 amide bonds. The fraction of sp³-hybridized carbons (Fsp3) is 0.333. The Hall–Kier alpha value is -2.82. The number of nitrogens with one attached hydrogen (secondary N) is 2. The van der Waals surface area contributed by atoms with E-state index in [1.54, 1.807) is 0 Å². The summed E-state index contributed by atoms with van der Waals surface area (Å²) in [6.45, 7) is 1.49. The van der Waals surface area contributed by atoms with E-state index < -0.39 is 0 Å². The lowest BCUT2D eigenvalue weighted by Gasteiger charge is -2.26. The van der Waals surface area contributed by atoms with Crippen LogP contribution in [0.15, 0.2) is 54.9 Å². The molecule has 1 unspecified atom stereocenters. The molecule has 5 nitrogen and oxygen atoms in total. The average molecular weight is 348 g/mol. The number of imidazole rings is 1. The van der Waals surface area contributed by atoms with Crippen LogP contribution >= 0.6 is 0 Å². The molecule has 0 aliphatic heterocycles. The number of para-hydroxylation sites is 2. The average Bonchev–Trinajstić information content (AvgIpc) is 3.09. The summed E-state index contributed by atoms with van der Waals surface area (Å²) in [7, 11) is 0. The van der Waals surface area contributed by atoms with Crippen molar-refractivity contribution in [2.24, 2.45) is 0 Å². The molecule has 2 N–H and O–H groups in total. The molecule has 0 radical (unpaired) electrons. The summed E-state index contributed by atoms with van der Waals surface area (Å²) in [6.07, 6.45) is 5.97. The van der Waals surface area contributed by atoms with Gasteiger partial charge in [-0.3, -0.25) is 0 Å². The molecule has 26 heavy (non-hydrogen) atoms. The van der Waals surface area contributed by atoms with E-state index in [0.717, 1.165) is 43.3 Å². The van der Waals surface area contributed by atoms with Crippen molar-refractivity contribution in [2.75, 3.05) is 6.54 Å². The monoisotopic (exact) mass is 348 g/mol. The summed E-state index contributed by atoms with van der Waals surface area (Å²) in [5.41, 5.74) is 4.76. The topological polar surface area (TPSA) is 59.0 Å². The fourth-order valence-corrected chi connectivity index (χ4v) is 3.75. The van der Waals surface area contributed by atoms with Crippen molar-refractivity contribution >= 4 is 17.1 Å². The maximum Gasteiger partial charge on any atom is 0.315 e. The van der Waals surface area contributed by atoms with Crippen LogP contribution in [0.25, 0.3) is 11.0 Å². The number of carbonyl (C=O) groups is 1. The predicted octanol–water partition coefficient (Wildman–Crippen LogP) is 3.80. The second kappa shape index (κ2) is 7.60. The Bertz CT molecular complexity index is 902. The Balaban J connectivity index is 1.26. The quantitative estimate of drug-likeness (QED) is 0.689. The minimum Gasteiger partial charge on any atom is -0.338 e. The van der Waals surface area contributed by atoms with Gasteiger partial charge in [0.1, 0.15) is 0 Å². The molecular formula is C21H24N4O. The smallest absolute Gasteiger partial charge is 0.315 e. The Morgan fingerprint density at radius 1 is 1.15 bits per heavy atom. The summed E-state index contributed by atoms with van der Waals surface area (Å²) < 4.78 is 2.13. The Morgan fingerprint density at radius 2 is 2.00 bits per heavy atom. The van der Waals surface area contributed by atoms with Gasteiger partial charge >= 0.3 is 6.03 Å². The van der Waals surface area contributed by atoms with Crippen molar-refractivity contribution in [3.8, 4) is 0 Å². The number of nitrogens with zero attached hydrogens (tertiary/aromatic N) is 2. The van der Waals surface area contributed by atoms with Gasteiger partial charge in [-0.1, -0.05) is 36.4 Å². The van der Waals surface area contributed by atoms with E-state index in [1.165, 1.54) is 11.1 Å². The van der Waals surface area contributed by atoms with Crippen LogP contribution in [0.4, 0.5) is 4.79 Å². The molecule has 1 aliphatic carbocycles. The zero-order valence-electron chi connectivity index (χ0n) is 14.8. The van der Waals surface area contributed by atoms with Gasteiger partial charge in [-0.2, -0.15) is 0 Å². The van der Waals surface area contributed by atoms with Crippen molar-refractivity contribution in [1.82, 2.24) is 20.2 Å². The number of hydrogen-bond acceptors (Lipinski definition) is 2. The van der Waals surface area contributed by atoms with Crippen LogP contribution in [-0.4, -0.2) is 22.1 Å². The van der Waals surface area contributed by atoms with Gasteiger partial charge in [-0.05, 0) is 48.9 Å². The largest absolute Gasteiger partial charge is 0.338 e. The molecule has 0 fully saturated rings. The summed E-state index contributed by atoms with van der Waals surface area (Å²) >= 11 is 0. The molecule has 4 rings (SSSR count). The van der Waals surface area contributed by atoms with Gasteiger partial charge in [-0.25, -0.2) is 9.78 Å². The SMILES string of the molecule is O=C(NCCCn1cnc2ccccc21)NC1CCCc2ccccc21. The maximum absolute atomic E-state index is 12.3. The van der Waals surface area contributed by atoms with Crippen molar-refractivity contribution in [3.63, 3.8) is 0 Å². The first kappa shape index (κ1) is 16.6. The number of amides is 2. The molecule has 5 heteroatoms. The highest BCUT2D eigenvalue weighted by atomic mass is 16.2. The molecule has 1 heterocycles. The maximum atomic E-state index is 12.3. The number of benzene rings is 2. The van der Waals surface area contributed by atoms with E-state index in [1.807, 2.05) is 30.6 Å². The third-order valence-electron chi connectivity index (χ3n) is 5.06. The molecule has 0 bridgehead atoms. The molecule has 1 aromatic heterocycles. The molecule has 0 saturated carbocycles. The highest BCUT2D eigenvalue weighted by Crippen LogP contribution is 2.29. The zero-order chi connectivity index (χ0) is 17.8. The summed E-state index contributed by atoms with van der Waals surface area (Å²) in [4.78, 5) is 16.6. The van der Waals surface area contributed by atoms with Crippen LogP contribution in [0.3, 0.4) is 0 Å². The summed E-state index contributed by atoms with van der Waals surface area (Å²) in [6, 6.07) is 16.6. The van der Waals surface area contributed by atoms with Crippen LogP contribution in [0.5, 0.6) is 0 Å². The second-order valence-corrected chi connectivity index (χ2v) is 6.82. The molecule has 1 aliphatic rings. The third kappa shape index (κ3) is 3.57. The van der Waals surface area contributed by atoms with Crippen molar-refractivity contribution in [1.29, 1.82) is 0 Å². The van der Waals surface area contributed by atoms with Gasteiger partial charge in [0.15, 0.2) is 0 Å². The van der Waals surface area contributed by atoms with E-state index in [-0.39, 0.29) is 12.1 Å². The standard InChI is InChI=1S/C21H24N4O/c26-21(24-18-11-5-8-16-7-1-2-9-17(16)18)22-13-6-14-25-15-23-19-10-3-4-12-20(19)25/h1-4,7,9-10,12,15,18H,5-6,8,11,13-14H2,(H2,22,24,26). The highest BCUT2D eigenvalue weighted by Gasteiger charge is 2.20. The van der Waals surface area contributed by atoms with E-state index in [2.05, 4.69) is 44.5 Å². The zero-order valence-corrected chi connectivity index (χ0v) is 14.8. The van der Waals surface area contributed by atoms with E-state index in [4.69, 9.17) is 0 Å². The minimum absolute atomic E-state index is 0.0813. The molecule has 3 aromatic rings. The molecule has 2 aromatic carbocycles. The number of rotatable bonds is 5. The lowest BCUT2D eigenvalue weighted by Crippen LogP contribution is -2.39. The van der Waals surface area contributed by atoms with Crippen LogP contribution in [0, 0.1) is 0 Å². The van der Waals surface area contributed by atoms with E-state index in [0.29, 0.717) is 6.54 Å². The lowest BCUT2D eigenvalue weighted by atomic mass is 9.88. The lowest BCUT2D eigenvalue weighted by molar-refractivity contribution is 0.235. The van der Waals surface area contributed by atoms with Crippen molar-refractivity contribution in [3.05, 3.63) is 66.0 Å². The fourth-order valence-electron chi connectivity index (χ4n) is 3.75. The van der Waals surface area contributed by atoms with Gasteiger partial charge in [0.05, 0.1) is 23.4 Å². The van der Waals surface area contributed by atoms with E-state index >= 15 is 0 Å². The van der Waals surface area contributed by atoms with Crippen LogP contribution in [-0.2, 0) is 13.0 Å². The van der Waals surface area contributed by atoms with Crippen molar-refractivity contribution < 1.29 is 4.79 Å². The number of aromatic nitrogens is 2. The summed E-state index contributed by atoms with van der Waals surface area (Å²) in [5.74, 6) is 0. The van der Waals surface area contributed by atoms with Gasteiger partial charge in [-0.15, -0.1) is 0 Å². The molecule has 0 saturated heterocycles. The van der Waals surface area contributed by atoms with Crippen LogP contribution in [0.1, 0.15) is 36.4 Å². The highest BCUT2D eigenvalue weighted by molar-refractivity contribution is 5.75. The van der Waals surface area contributed by atoms with Gasteiger partial charge in [0.2, 0.25) is 0 Å². The Kier molecular flexibility index (Phi) is 4.86. The normalized spacial score (nSPS) is 16.2. The third-order valence-corrected chi connectivity index (χ3v) is 5.06. The van der Waals surface area contributed by atoms with Crippen LogP contribution < -0.4 is 10.6 Å². The number of hydrogen-bond donors (Lipinski definition) is 2. The van der Waals surface area contributed by atoms with Crippen LogP contribution in [0.2, 0.25) is 0 Å². The number of fused-ring (bicyclic) bond motifs is 2. The summed E-state index contributed by atoms with van der Waals surface area (Å²) in [5, 5.41) is 6.12. The van der Waals surface area contributed by atoms with Crippen molar-refractivity contribution in [2.45, 2.75) is 38.3 Å². The first-order chi connectivity index (χ1) is 12.8. The predicted molar refractivity (Wildman–Crippen MR) is 103 cm³/mol. The van der Waals surface area contributed by atoms with E-state index in [9.17, 15) is 4.79 Å². The minimum atomic E-state index is -0.0813. The van der Waals surface area contributed by atoms with Gasteiger partial charge in [0, 0.05) is 13.1 Å². The van der Waals surface area contributed by atoms with Gasteiger partial charge in [0.25, 0.3) is 0 Å². The number of urea groups is 1. The number of carbonyl (C=O) groups excluding carboxylic acids is 1. The first-order valence-corrected chi connectivity index (χ1v) is 9.33.